The normalized spacial score (nSPS) is 16.8. The molecule has 0 aromatic heterocycles. The molecular weight excluding hydrogens is 436 g/mol. The standard InChI is InChI=1S/C25H32N4O3S/c1-4-14-26-24(30)17-27-25(31)18-29(33(3)32)21-12-15-28(16-13-21)19(2)22-11-7-9-20-8-5-6-10-23(20)22/h1,5-11,19,21H,12-18H2,2-3H3,(H,26,30)(H,27,31)/t19-,33?/m0/s1. The Morgan fingerprint density at radius 1 is 1.15 bits per heavy atom. The minimum Gasteiger partial charge on any atom is -0.346 e. The van der Waals surface area contributed by atoms with Crippen LogP contribution in [0.15, 0.2) is 42.5 Å². The fourth-order valence-electron chi connectivity index (χ4n) is 4.39. The predicted molar refractivity (Wildman–Crippen MR) is 133 cm³/mol. The van der Waals surface area contributed by atoms with Crippen LogP contribution in [0.2, 0.25) is 0 Å². The molecule has 2 atom stereocenters. The van der Waals surface area contributed by atoms with E-state index in [0.29, 0.717) is 0 Å². The van der Waals surface area contributed by atoms with E-state index in [1.165, 1.54) is 16.3 Å². The molecule has 7 nitrogen and oxygen atoms in total. The molecule has 0 radical (unpaired) electrons. The molecule has 8 heteroatoms. The van der Waals surface area contributed by atoms with Gasteiger partial charge in [0.05, 0.1) is 30.6 Å². The number of carbonyl (C=O) groups excluding carboxylic acids is 2. The number of carbonyl (C=O) groups is 2. The van der Waals surface area contributed by atoms with Crippen LogP contribution in [0.4, 0.5) is 0 Å². The fraction of sp³-hybridized carbons (Fsp3) is 0.440. The van der Waals surface area contributed by atoms with Crippen LogP contribution in [0.25, 0.3) is 10.8 Å². The van der Waals surface area contributed by atoms with E-state index in [-0.39, 0.29) is 43.5 Å². The smallest absolute Gasteiger partial charge is 0.240 e. The SMILES string of the molecule is C#CCNC(=O)CNC(=O)CN(C1CCN([C@@H](C)c2cccc3ccccc23)CC1)S(C)=O. The summed E-state index contributed by atoms with van der Waals surface area (Å²) in [5.74, 6) is 1.64. The Morgan fingerprint density at radius 2 is 1.85 bits per heavy atom. The van der Waals surface area contributed by atoms with E-state index in [4.69, 9.17) is 6.42 Å². The van der Waals surface area contributed by atoms with E-state index in [1.807, 2.05) is 0 Å². The number of rotatable bonds is 9. The second kappa shape index (κ2) is 11.9. The third-order valence-electron chi connectivity index (χ3n) is 6.19. The molecule has 1 heterocycles. The second-order valence-electron chi connectivity index (χ2n) is 8.27. The molecule has 1 fully saturated rings. The van der Waals surface area contributed by atoms with E-state index in [0.717, 1.165) is 25.9 Å². The first-order valence-corrected chi connectivity index (χ1v) is 12.7. The first-order valence-electron chi connectivity index (χ1n) is 11.2. The van der Waals surface area contributed by atoms with Crippen molar-refractivity contribution in [2.75, 3.05) is 39.0 Å². The number of piperidine rings is 1. The largest absolute Gasteiger partial charge is 0.346 e. The van der Waals surface area contributed by atoms with E-state index < -0.39 is 11.0 Å². The predicted octanol–water partition coefficient (Wildman–Crippen LogP) is 1.83. The third-order valence-corrected chi connectivity index (χ3v) is 7.28. The zero-order chi connectivity index (χ0) is 23.8. The molecule has 0 saturated carbocycles. The van der Waals surface area contributed by atoms with Gasteiger partial charge in [-0.15, -0.1) is 6.42 Å². The Labute approximate surface area is 198 Å². The molecule has 1 aliphatic rings. The summed E-state index contributed by atoms with van der Waals surface area (Å²) in [7, 11) is -1.29. The molecule has 1 unspecified atom stereocenters. The zero-order valence-electron chi connectivity index (χ0n) is 19.3. The van der Waals surface area contributed by atoms with Crippen LogP contribution in [0, 0.1) is 12.3 Å². The van der Waals surface area contributed by atoms with Gasteiger partial charge in [-0.1, -0.05) is 48.4 Å². The maximum absolute atomic E-state index is 12.4. The molecule has 33 heavy (non-hydrogen) atoms. The lowest BCUT2D eigenvalue weighted by Gasteiger charge is -2.39. The van der Waals surface area contributed by atoms with Gasteiger partial charge in [0, 0.05) is 31.4 Å². The van der Waals surface area contributed by atoms with Gasteiger partial charge >= 0.3 is 0 Å². The molecule has 2 aromatic carbocycles. The van der Waals surface area contributed by atoms with Crippen LogP contribution in [0.5, 0.6) is 0 Å². The van der Waals surface area contributed by atoms with E-state index in [9.17, 15) is 13.8 Å². The maximum atomic E-state index is 12.4. The summed E-state index contributed by atoms with van der Waals surface area (Å²) in [6.45, 7) is 3.92. The number of hydrogen-bond acceptors (Lipinski definition) is 4. The molecular formula is C25H32N4O3S. The van der Waals surface area contributed by atoms with Crippen LogP contribution in [-0.4, -0.2) is 70.2 Å². The van der Waals surface area contributed by atoms with Crippen molar-refractivity contribution < 1.29 is 13.8 Å². The summed E-state index contributed by atoms with van der Waals surface area (Å²) in [5.41, 5.74) is 1.31. The molecule has 1 saturated heterocycles. The van der Waals surface area contributed by atoms with Gasteiger partial charge in [-0.2, -0.15) is 0 Å². The molecule has 0 spiro atoms. The van der Waals surface area contributed by atoms with E-state index in [2.05, 4.69) is 70.8 Å². The van der Waals surface area contributed by atoms with Crippen molar-refractivity contribution in [3.8, 4) is 12.3 Å². The van der Waals surface area contributed by atoms with Gasteiger partial charge in [0.2, 0.25) is 11.8 Å². The number of nitrogens with one attached hydrogen (secondary N) is 2. The van der Waals surface area contributed by atoms with Crippen molar-refractivity contribution in [3.63, 3.8) is 0 Å². The van der Waals surface area contributed by atoms with Gasteiger partial charge in [0.25, 0.3) is 0 Å². The van der Waals surface area contributed by atoms with Crippen LogP contribution in [-0.2, 0) is 20.6 Å². The topological polar surface area (TPSA) is 81.8 Å². The summed E-state index contributed by atoms with van der Waals surface area (Å²) in [5, 5.41) is 7.58. The van der Waals surface area contributed by atoms with Gasteiger partial charge in [0.15, 0.2) is 0 Å². The maximum Gasteiger partial charge on any atom is 0.240 e. The number of likely N-dealkylation sites (tertiary alicyclic amines) is 1. The number of benzene rings is 2. The minimum atomic E-state index is -1.29. The number of nitrogens with zero attached hydrogens (tertiary/aromatic N) is 2. The first kappa shape index (κ1) is 24.9. The molecule has 3 rings (SSSR count). The van der Waals surface area contributed by atoms with Crippen LogP contribution in [0.1, 0.15) is 31.4 Å². The summed E-state index contributed by atoms with van der Waals surface area (Å²) in [6, 6.07) is 15.2. The molecule has 176 valence electrons. The fourth-order valence-corrected chi connectivity index (χ4v) is 5.32. The number of fused-ring (bicyclic) bond motifs is 1. The third kappa shape index (κ3) is 6.64. The van der Waals surface area contributed by atoms with Gasteiger partial charge in [-0.25, -0.2) is 8.51 Å². The summed E-state index contributed by atoms with van der Waals surface area (Å²) in [4.78, 5) is 26.4. The molecule has 2 aromatic rings. The Bertz CT molecular complexity index is 1040. The van der Waals surface area contributed by atoms with Crippen molar-refractivity contribution >= 4 is 33.6 Å². The monoisotopic (exact) mass is 468 g/mol. The average Bonchev–Trinajstić information content (AvgIpc) is 2.84. The molecule has 0 bridgehead atoms. The summed E-state index contributed by atoms with van der Waals surface area (Å²) >= 11 is 0. The van der Waals surface area contributed by atoms with E-state index >= 15 is 0 Å². The minimum absolute atomic E-state index is 0.00489. The van der Waals surface area contributed by atoms with Gasteiger partial charge in [0.1, 0.15) is 0 Å². The number of hydrogen-bond donors (Lipinski definition) is 2. The lowest BCUT2D eigenvalue weighted by atomic mass is 9.96. The Morgan fingerprint density at radius 3 is 2.55 bits per heavy atom. The quantitative estimate of drug-likeness (QED) is 0.550. The number of amides is 2. The van der Waals surface area contributed by atoms with Gasteiger partial charge in [-0.3, -0.25) is 14.5 Å². The Kier molecular flexibility index (Phi) is 9.01. The lowest BCUT2D eigenvalue weighted by Crippen LogP contribution is -2.49. The average molecular weight is 469 g/mol. The van der Waals surface area contributed by atoms with Crippen molar-refractivity contribution in [2.45, 2.75) is 31.8 Å². The van der Waals surface area contributed by atoms with Crippen molar-refractivity contribution in [3.05, 3.63) is 48.0 Å². The van der Waals surface area contributed by atoms with Crippen LogP contribution < -0.4 is 10.6 Å². The van der Waals surface area contributed by atoms with Crippen molar-refractivity contribution in [2.24, 2.45) is 0 Å². The molecule has 1 aliphatic heterocycles. The van der Waals surface area contributed by atoms with Gasteiger partial charge in [-0.05, 0) is 36.1 Å². The van der Waals surface area contributed by atoms with Gasteiger partial charge < -0.3 is 10.6 Å². The molecule has 2 N–H and O–H groups in total. The van der Waals surface area contributed by atoms with Crippen LogP contribution in [0.3, 0.4) is 0 Å². The molecule has 2 amide bonds. The second-order valence-corrected chi connectivity index (χ2v) is 9.58. The lowest BCUT2D eigenvalue weighted by molar-refractivity contribution is -0.126. The van der Waals surface area contributed by atoms with Crippen molar-refractivity contribution in [1.29, 1.82) is 0 Å². The first-order chi connectivity index (χ1) is 15.9. The Balaban J connectivity index is 1.56. The van der Waals surface area contributed by atoms with Crippen molar-refractivity contribution in [1.82, 2.24) is 19.8 Å². The van der Waals surface area contributed by atoms with E-state index in [1.54, 1.807) is 10.6 Å². The highest BCUT2D eigenvalue weighted by Crippen LogP contribution is 2.31. The number of terminal acetylenes is 1. The highest BCUT2D eigenvalue weighted by atomic mass is 32.2. The zero-order valence-corrected chi connectivity index (χ0v) is 20.1. The summed E-state index contributed by atoms with van der Waals surface area (Å²) in [6.07, 6.45) is 8.35. The molecule has 0 aliphatic carbocycles. The Hall–Kier alpha value is -2.73. The summed E-state index contributed by atoms with van der Waals surface area (Å²) < 4.78 is 14.1. The van der Waals surface area contributed by atoms with Crippen LogP contribution >= 0.6 is 0 Å². The highest BCUT2D eigenvalue weighted by molar-refractivity contribution is 7.81. The highest BCUT2D eigenvalue weighted by Gasteiger charge is 2.30.